The second-order valence-corrected chi connectivity index (χ2v) is 5.82. The number of carbonyl (C=O) groups excluding carboxylic acids is 1. The summed E-state index contributed by atoms with van der Waals surface area (Å²) in [5, 5.41) is 0. The molecule has 2 rings (SSSR count). The maximum atomic E-state index is 12.1. The van der Waals surface area contributed by atoms with Crippen LogP contribution in [0.5, 0.6) is 11.5 Å². The molecule has 1 aromatic carbocycles. The second kappa shape index (κ2) is 6.50. The lowest BCUT2D eigenvalue weighted by atomic mass is 9.82. The van der Waals surface area contributed by atoms with Gasteiger partial charge in [0.15, 0.2) is 5.54 Å². The zero-order valence-corrected chi connectivity index (χ0v) is 14.2. The van der Waals surface area contributed by atoms with Crippen LogP contribution in [0.15, 0.2) is 18.4 Å². The van der Waals surface area contributed by atoms with Crippen molar-refractivity contribution in [1.29, 1.82) is 0 Å². The van der Waals surface area contributed by atoms with E-state index in [1.807, 2.05) is 19.1 Å². The van der Waals surface area contributed by atoms with Crippen LogP contribution in [0, 0.1) is 0 Å². The number of carbonyl (C=O) groups is 1. The minimum Gasteiger partial charge on any atom is -0.496 e. The third-order valence-electron chi connectivity index (χ3n) is 4.28. The van der Waals surface area contributed by atoms with E-state index >= 15 is 0 Å². The number of amides is 1. The van der Waals surface area contributed by atoms with Gasteiger partial charge in [0.1, 0.15) is 17.8 Å². The molecule has 6 heteroatoms. The van der Waals surface area contributed by atoms with Crippen molar-refractivity contribution in [3.63, 3.8) is 0 Å². The van der Waals surface area contributed by atoms with Crippen molar-refractivity contribution in [1.82, 2.24) is 5.48 Å². The number of rotatable bonds is 6. The van der Waals surface area contributed by atoms with Gasteiger partial charge in [-0.1, -0.05) is 20.8 Å². The highest BCUT2D eigenvalue weighted by Crippen LogP contribution is 2.42. The predicted molar refractivity (Wildman–Crippen MR) is 88.0 cm³/mol. The van der Waals surface area contributed by atoms with Crippen LogP contribution in [0.4, 0.5) is 0 Å². The molecule has 6 nitrogen and oxygen atoms in total. The van der Waals surface area contributed by atoms with Gasteiger partial charge in [-0.05, 0) is 24.0 Å². The Bertz CT molecular complexity index is 640. The van der Waals surface area contributed by atoms with E-state index in [0.717, 1.165) is 16.9 Å². The van der Waals surface area contributed by atoms with Crippen LogP contribution in [-0.4, -0.2) is 25.7 Å². The van der Waals surface area contributed by atoms with Crippen LogP contribution in [0.25, 0.3) is 5.57 Å². The van der Waals surface area contributed by atoms with Crippen molar-refractivity contribution < 1.29 is 19.1 Å². The highest BCUT2D eigenvalue weighted by atomic mass is 16.6. The van der Waals surface area contributed by atoms with Gasteiger partial charge < -0.3 is 20.0 Å². The molecule has 1 heterocycles. The molecule has 1 amide bonds. The Morgan fingerprint density at radius 1 is 1.30 bits per heavy atom. The van der Waals surface area contributed by atoms with Gasteiger partial charge in [-0.3, -0.25) is 4.79 Å². The molecular formula is C17H24N2O4. The van der Waals surface area contributed by atoms with Crippen molar-refractivity contribution >= 4 is 11.5 Å². The lowest BCUT2D eigenvalue weighted by Crippen LogP contribution is -2.52. The van der Waals surface area contributed by atoms with Gasteiger partial charge in [-0.2, -0.15) is 0 Å². The molecule has 3 N–H and O–H groups in total. The number of nitrogens with one attached hydrogen (secondary N) is 1. The number of hydroxylamine groups is 1. The number of primary amides is 1. The van der Waals surface area contributed by atoms with E-state index in [9.17, 15) is 4.79 Å². The molecule has 0 saturated carbocycles. The van der Waals surface area contributed by atoms with E-state index in [1.54, 1.807) is 14.2 Å². The number of benzene rings is 1. The van der Waals surface area contributed by atoms with Crippen LogP contribution >= 0.6 is 0 Å². The van der Waals surface area contributed by atoms with E-state index in [-0.39, 0.29) is 5.92 Å². The molecule has 1 atom stereocenters. The third kappa shape index (κ3) is 2.74. The zero-order chi connectivity index (χ0) is 17.2. The molecule has 1 unspecified atom stereocenters. The maximum Gasteiger partial charge on any atom is 0.245 e. The van der Waals surface area contributed by atoms with E-state index in [1.165, 1.54) is 6.26 Å². The minimum absolute atomic E-state index is 0.245. The Balaban J connectivity index is 2.67. The SMILES string of the molecule is CCC1(C(N)=O)NOC=C1c1cc(C(C)C)c(OC)cc1OC. The predicted octanol–water partition coefficient (Wildman–Crippen LogP) is 2.34. The van der Waals surface area contributed by atoms with Gasteiger partial charge in [0.2, 0.25) is 5.91 Å². The minimum atomic E-state index is -1.07. The van der Waals surface area contributed by atoms with Gasteiger partial charge in [-0.25, -0.2) is 0 Å². The highest BCUT2D eigenvalue weighted by Gasteiger charge is 2.45. The van der Waals surface area contributed by atoms with Crippen molar-refractivity contribution in [2.45, 2.75) is 38.6 Å². The normalized spacial score (nSPS) is 20.2. The Hall–Kier alpha value is -2.21. The standard InChI is InChI=1S/C17H24N2O4/c1-6-17(16(18)20)13(9-23-19-17)12-7-11(10(2)3)14(21-4)8-15(12)22-5/h7-10,19H,6H2,1-5H3,(H2,18,20). The van der Waals surface area contributed by atoms with Crippen LogP contribution in [0.1, 0.15) is 44.2 Å². The van der Waals surface area contributed by atoms with Crippen LogP contribution in [0.3, 0.4) is 0 Å². The zero-order valence-electron chi connectivity index (χ0n) is 14.2. The summed E-state index contributed by atoms with van der Waals surface area (Å²) >= 11 is 0. The number of hydrogen-bond acceptors (Lipinski definition) is 5. The molecule has 1 aliphatic heterocycles. The van der Waals surface area contributed by atoms with Crippen molar-refractivity contribution in [2.75, 3.05) is 14.2 Å². The average Bonchev–Trinajstić information content (AvgIpc) is 2.98. The molecular weight excluding hydrogens is 296 g/mol. The number of hydrogen-bond donors (Lipinski definition) is 2. The first-order valence-electron chi connectivity index (χ1n) is 7.60. The fourth-order valence-electron chi connectivity index (χ4n) is 2.84. The summed E-state index contributed by atoms with van der Waals surface area (Å²) in [7, 11) is 3.20. The third-order valence-corrected chi connectivity index (χ3v) is 4.28. The fourth-order valence-corrected chi connectivity index (χ4v) is 2.84. The fraction of sp³-hybridized carbons (Fsp3) is 0.471. The largest absolute Gasteiger partial charge is 0.496 e. The first kappa shape index (κ1) is 17.1. The molecule has 0 saturated heterocycles. The van der Waals surface area contributed by atoms with Crippen LogP contribution < -0.4 is 20.7 Å². The lowest BCUT2D eigenvalue weighted by Gasteiger charge is -2.27. The summed E-state index contributed by atoms with van der Waals surface area (Å²) in [6, 6.07) is 3.79. The topological polar surface area (TPSA) is 82.8 Å². The molecule has 1 aromatic rings. The molecule has 0 radical (unpaired) electrons. The summed E-state index contributed by atoms with van der Waals surface area (Å²) in [6.45, 7) is 6.03. The lowest BCUT2D eigenvalue weighted by molar-refractivity contribution is -0.124. The molecule has 126 valence electrons. The second-order valence-electron chi connectivity index (χ2n) is 5.82. The van der Waals surface area contributed by atoms with Gasteiger partial charge >= 0.3 is 0 Å². The number of ether oxygens (including phenoxy) is 2. The summed E-state index contributed by atoms with van der Waals surface area (Å²) in [4.78, 5) is 17.3. The Labute approximate surface area is 136 Å². The Morgan fingerprint density at radius 3 is 2.43 bits per heavy atom. The maximum absolute atomic E-state index is 12.1. The molecule has 0 fully saturated rings. The van der Waals surface area contributed by atoms with E-state index in [4.69, 9.17) is 20.0 Å². The van der Waals surface area contributed by atoms with Gasteiger partial charge in [0.05, 0.1) is 14.2 Å². The summed E-state index contributed by atoms with van der Waals surface area (Å²) in [6.07, 6.45) is 1.98. The van der Waals surface area contributed by atoms with Crippen molar-refractivity contribution in [2.24, 2.45) is 5.73 Å². The molecule has 0 bridgehead atoms. The summed E-state index contributed by atoms with van der Waals surface area (Å²) in [5.41, 5.74) is 9.74. The average molecular weight is 320 g/mol. The Kier molecular flexibility index (Phi) is 4.85. The molecule has 0 spiro atoms. The molecule has 1 aliphatic rings. The van der Waals surface area contributed by atoms with E-state index < -0.39 is 11.4 Å². The Morgan fingerprint density at radius 2 is 1.96 bits per heavy atom. The molecule has 0 aliphatic carbocycles. The smallest absolute Gasteiger partial charge is 0.245 e. The van der Waals surface area contributed by atoms with Crippen LogP contribution in [0.2, 0.25) is 0 Å². The van der Waals surface area contributed by atoms with Crippen molar-refractivity contribution in [3.8, 4) is 11.5 Å². The van der Waals surface area contributed by atoms with Crippen LogP contribution in [-0.2, 0) is 9.63 Å². The van der Waals surface area contributed by atoms with Gasteiger partial charge in [0.25, 0.3) is 0 Å². The number of nitrogens with two attached hydrogens (primary N) is 1. The van der Waals surface area contributed by atoms with Crippen molar-refractivity contribution in [3.05, 3.63) is 29.5 Å². The molecule has 0 aromatic heterocycles. The highest BCUT2D eigenvalue weighted by molar-refractivity contribution is 6.01. The first-order chi connectivity index (χ1) is 10.9. The monoisotopic (exact) mass is 320 g/mol. The van der Waals surface area contributed by atoms with Gasteiger partial charge in [-0.15, -0.1) is 5.48 Å². The number of methoxy groups -OCH3 is 2. The summed E-state index contributed by atoms with van der Waals surface area (Å²) < 4.78 is 11.0. The van der Waals surface area contributed by atoms with E-state index in [2.05, 4.69) is 19.3 Å². The van der Waals surface area contributed by atoms with E-state index in [0.29, 0.717) is 17.7 Å². The quantitative estimate of drug-likeness (QED) is 0.840. The first-order valence-corrected chi connectivity index (χ1v) is 7.60. The summed E-state index contributed by atoms with van der Waals surface area (Å²) in [5.74, 6) is 1.10. The van der Waals surface area contributed by atoms with Gasteiger partial charge in [0, 0.05) is 17.2 Å². The molecule has 23 heavy (non-hydrogen) atoms.